The predicted molar refractivity (Wildman–Crippen MR) is 101 cm³/mol. The van der Waals surface area contributed by atoms with Crippen molar-refractivity contribution in [1.29, 1.82) is 0 Å². The summed E-state index contributed by atoms with van der Waals surface area (Å²) in [6, 6.07) is 13.3. The van der Waals surface area contributed by atoms with Crippen LogP contribution < -0.4 is 10.6 Å². The maximum Gasteiger partial charge on any atom is 0.278 e. The molecule has 25 heavy (non-hydrogen) atoms. The minimum atomic E-state index is -0.379. The van der Waals surface area contributed by atoms with Crippen LogP contribution in [0.1, 0.15) is 18.9 Å². The van der Waals surface area contributed by atoms with E-state index in [-0.39, 0.29) is 10.6 Å². The number of nitrogens with zero attached hydrogens (tertiary/aromatic N) is 2. The number of anilines is 2. The molecule has 0 saturated carbocycles. The van der Waals surface area contributed by atoms with Gasteiger partial charge in [0.15, 0.2) is 0 Å². The average molecular weight is 336 g/mol. The van der Waals surface area contributed by atoms with Crippen LogP contribution in [0.5, 0.6) is 0 Å². The molecule has 0 fully saturated rings. The minimum absolute atomic E-state index is 0.0694. The lowest BCUT2D eigenvalue weighted by Crippen LogP contribution is -2.02. The van der Waals surface area contributed by atoms with Gasteiger partial charge in [-0.1, -0.05) is 19.1 Å². The second-order valence-electron chi connectivity index (χ2n) is 5.79. The number of nitrogens with one attached hydrogen (secondary N) is 2. The number of hydrogen-bond donors (Lipinski definition) is 2. The standard InChI is InChI=1S/C19H20N4O2/c1-2-10-21-15-5-3-14(4-6-15)12-22-18-7-8-19(23(24)25)17-13-20-11-9-16(17)18/h3-9,11,13,21-22H,2,10,12H2,1H3. The van der Waals surface area contributed by atoms with Gasteiger partial charge < -0.3 is 10.6 Å². The van der Waals surface area contributed by atoms with Gasteiger partial charge in [0.2, 0.25) is 0 Å². The quantitative estimate of drug-likeness (QED) is 0.488. The van der Waals surface area contributed by atoms with E-state index in [0.29, 0.717) is 11.9 Å². The first kappa shape index (κ1) is 16.7. The van der Waals surface area contributed by atoms with Crippen LogP contribution in [0, 0.1) is 10.1 Å². The zero-order valence-electron chi connectivity index (χ0n) is 14.0. The van der Waals surface area contributed by atoms with Crippen molar-refractivity contribution < 1.29 is 4.92 Å². The summed E-state index contributed by atoms with van der Waals surface area (Å²) in [5, 5.41) is 19.2. The Labute approximate surface area is 146 Å². The Kier molecular flexibility index (Phi) is 5.09. The van der Waals surface area contributed by atoms with Gasteiger partial charge in [0, 0.05) is 48.3 Å². The third kappa shape index (κ3) is 3.85. The van der Waals surface area contributed by atoms with Crippen molar-refractivity contribution in [3.05, 3.63) is 70.5 Å². The third-order valence-electron chi connectivity index (χ3n) is 4.01. The molecule has 0 spiro atoms. The molecule has 0 aliphatic rings. The molecule has 0 saturated heterocycles. The fraction of sp³-hybridized carbons (Fsp3) is 0.211. The lowest BCUT2D eigenvalue weighted by Gasteiger charge is -2.11. The van der Waals surface area contributed by atoms with Gasteiger partial charge in [-0.05, 0) is 36.2 Å². The molecule has 6 heteroatoms. The number of nitro benzene ring substituents is 1. The summed E-state index contributed by atoms with van der Waals surface area (Å²) in [6.45, 7) is 3.74. The lowest BCUT2D eigenvalue weighted by atomic mass is 10.1. The molecule has 3 rings (SSSR count). The van der Waals surface area contributed by atoms with E-state index in [1.807, 2.05) is 0 Å². The maximum absolute atomic E-state index is 11.2. The summed E-state index contributed by atoms with van der Waals surface area (Å²) in [5.74, 6) is 0. The van der Waals surface area contributed by atoms with E-state index in [4.69, 9.17) is 0 Å². The highest BCUT2D eigenvalue weighted by molar-refractivity contribution is 5.99. The molecule has 1 heterocycles. The summed E-state index contributed by atoms with van der Waals surface area (Å²) in [7, 11) is 0. The molecule has 1 aromatic heterocycles. The number of nitro groups is 1. The number of pyridine rings is 1. The van der Waals surface area contributed by atoms with Crippen LogP contribution in [0.3, 0.4) is 0 Å². The van der Waals surface area contributed by atoms with Gasteiger partial charge in [-0.2, -0.15) is 0 Å². The van der Waals surface area contributed by atoms with E-state index in [1.165, 1.54) is 12.3 Å². The number of rotatable bonds is 7. The number of fused-ring (bicyclic) bond motifs is 1. The van der Waals surface area contributed by atoms with Crippen molar-refractivity contribution in [3.63, 3.8) is 0 Å². The van der Waals surface area contributed by atoms with E-state index < -0.39 is 0 Å². The van der Waals surface area contributed by atoms with Gasteiger partial charge in [-0.25, -0.2) is 0 Å². The SMILES string of the molecule is CCCNc1ccc(CNc2ccc([N+](=O)[O-])c3cnccc23)cc1. The van der Waals surface area contributed by atoms with Crippen molar-refractivity contribution in [2.24, 2.45) is 0 Å². The van der Waals surface area contributed by atoms with E-state index in [0.717, 1.165) is 35.3 Å². The van der Waals surface area contributed by atoms with E-state index in [2.05, 4.69) is 46.8 Å². The Hall–Kier alpha value is -3.15. The average Bonchev–Trinajstić information content (AvgIpc) is 2.65. The summed E-state index contributed by atoms with van der Waals surface area (Å²) < 4.78 is 0. The van der Waals surface area contributed by atoms with Crippen LogP contribution in [0.2, 0.25) is 0 Å². The summed E-state index contributed by atoms with van der Waals surface area (Å²) >= 11 is 0. The lowest BCUT2D eigenvalue weighted by molar-refractivity contribution is -0.383. The Morgan fingerprint density at radius 3 is 2.56 bits per heavy atom. The van der Waals surface area contributed by atoms with Crippen LogP contribution in [0.4, 0.5) is 17.1 Å². The molecule has 0 aliphatic carbocycles. The Balaban J connectivity index is 1.77. The van der Waals surface area contributed by atoms with Crippen molar-refractivity contribution >= 4 is 27.8 Å². The smallest absolute Gasteiger partial charge is 0.278 e. The Bertz CT molecular complexity index is 878. The summed E-state index contributed by atoms with van der Waals surface area (Å²) in [6.07, 6.45) is 4.27. The molecular formula is C19H20N4O2. The molecule has 0 bridgehead atoms. The summed E-state index contributed by atoms with van der Waals surface area (Å²) in [5.41, 5.74) is 3.18. The largest absolute Gasteiger partial charge is 0.385 e. The van der Waals surface area contributed by atoms with Gasteiger partial charge in [0.05, 0.1) is 10.3 Å². The number of hydrogen-bond acceptors (Lipinski definition) is 5. The van der Waals surface area contributed by atoms with Gasteiger partial charge in [-0.3, -0.25) is 15.1 Å². The van der Waals surface area contributed by atoms with Crippen LogP contribution in [-0.2, 0) is 6.54 Å². The molecule has 6 nitrogen and oxygen atoms in total. The van der Waals surface area contributed by atoms with Gasteiger partial charge in [-0.15, -0.1) is 0 Å². The molecule has 128 valence electrons. The minimum Gasteiger partial charge on any atom is -0.385 e. The van der Waals surface area contributed by atoms with E-state index >= 15 is 0 Å². The number of non-ortho nitro benzene ring substituents is 1. The Morgan fingerprint density at radius 1 is 1.04 bits per heavy atom. The van der Waals surface area contributed by atoms with Crippen molar-refractivity contribution in [2.45, 2.75) is 19.9 Å². The van der Waals surface area contributed by atoms with Crippen molar-refractivity contribution in [3.8, 4) is 0 Å². The second kappa shape index (κ2) is 7.61. The van der Waals surface area contributed by atoms with Crippen molar-refractivity contribution in [2.75, 3.05) is 17.2 Å². The molecular weight excluding hydrogens is 316 g/mol. The van der Waals surface area contributed by atoms with E-state index in [1.54, 1.807) is 18.3 Å². The molecule has 0 aliphatic heterocycles. The highest BCUT2D eigenvalue weighted by Crippen LogP contribution is 2.30. The van der Waals surface area contributed by atoms with Gasteiger partial charge >= 0.3 is 0 Å². The molecule has 3 aromatic rings. The molecule has 2 aromatic carbocycles. The normalized spacial score (nSPS) is 10.6. The topological polar surface area (TPSA) is 80.1 Å². The maximum atomic E-state index is 11.2. The first-order chi connectivity index (χ1) is 12.2. The molecule has 0 radical (unpaired) electrons. The van der Waals surface area contributed by atoms with Crippen LogP contribution >= 0.6 is 0 Å². The van der Waals surface area contributed by atoms with Crippen LogP contribution in [-0.4, -0.2) is 16.5 Å². The monoisotopic (exact) mass is 336 g/mol. The van der Waals surface area contributed by atoms with Crippen molar-refractivity contribution in [1.82, 2.24) is 4.98 Å². The molecule has 0 atom stereocenters. The first-order valence-corrected chi connectivity index (χ1v) is 8.27. The highest BCUT2D eigenvalue weighted by Gasteiger charge is 2.14. The van der Waals surface area contributed by atoms with E-state index in [9.17, 15) is 10.1 Å². The Morgan fingerprint density at radius 2 is 1.84 bits per heavy atom. The molecule has 2 N–H and O–H groups in total. The zero-order valence-corrected chi connectivity index (χ0v) is 14.0. The zero-order chi connectivity index (χ0) is 17.6. The predicted octanol–water partition coefficient (Wildman–Crippen LogP) is 4.58. The third-order valence-corrected chi connectivity index (χ3v) is 4.01. The second-order valence-corrected chi connectivity index (χ2v) is 5.79. The van der Waals surface area contributed by atoms with Crippen LogP contribution in [0.25, 0.3) is 10.8 Å². The molecule has 0 unspecified atom stereocenters. The van der Waals surface area contributed by atoms with Gasteiger partial charge in [0.25, 0.3) is 5.69 Å². The fourth-order valence-corrected chi connectivity index (χ4v) is 2.70. The highest BCUT2D eigenvalue weighted by atomic mass is 16.6. The fourth-order valence-electron chi connectivity index (χ4n) is 2.70. The van der Waals surface area contributed by atoms with Crippen LogP contribution in [0.15, 0.2) is 54.9 Å². The van der Waals surface area contributed by atoms with Gasteiger partial charge in [0.1, 0.15) is 0 Å². The molecule has 0 amide bonds. The number of aromatic nitrogens is 1. The number of benzene rings is 2. The summed E-state index contributed by atoms with van der Waals surface area (Å²) in [4.78, 5) is 14.8. The first-order valence-electron chi connectivity index (χ1n) is 8.27.